The largest absolute Gasteiger partial charge is 0.508 e. The molecule has 1 heterocycles. The summed E-state index contributed by atoms with van der Waals surface area (Å²) in [4.78, 5) is 0. The first kappa shape index (κ1) is 10.3. The number of anilines is 1. The minimum absolute atomic E-state index is 0.297. The van der Waals surface area contributed by atoms with E-state index in [1.54, 1.807) is 18.2 Å². The Balaban J connectivity index is 2.05. The predicted molar refractivity (Wildman–Crippen MR) is 59.8 cm³/mol. The molecule has 1 saturated heterocycles. The molecule has 0 aliphatic carbocycles. The summed E-state index contributed by atoms with van der Waals surface area (Å²) in [5.74, 6) is 0.939. The quantitative estimate of drug-likeness (QED) is 0.575. The molecular formula is C12H17NO2. The number of hydrogen-bond acceptors (Lipinski definition) is 3. The predicted octanol–water partition coefficient (Wildman–Crippen LogP) is 1.94. The molecule has 1 aliphatic rings. The Morgan fingerprint density at radius 2 is 2.07 bits per heavy atom. The second kappa shape index (κ2) is 4.53. The van der Waals surface area contributed by atoms with Crippen molar-refractivity contribution >= 4 is 5.69 Å². The summed E-state index contributed by atoms with van der Waals surface area (Å²) < 4.78 is 5.31. The fraction of sp³-hybridized carbons (Fsp3) is 0.500. The van der Waals surface area contributed by atoms with Gasteiger partial charge in [0.2, 0.25) is 0 Å². The third-order valence-electron chi connectivity index (χ3n) is 2.98. The first-order chi connectivity index (χ1) is 7.25. The smallest absolute Gasteiger partial charge is 0.116 e. The molecule has 0 radical (unpaired) electrons. The topological polar surface area (TPSA) is 55.5 Å². The van der Waals surface area contributed by atoms with Crippen LogP contribution in [0.4, 0.5) is 5.69 Å². The summed E-state index contributed by atoms with van der Waals surface area (Å²) >= 11 is 0. The molecule has 15 heavy (non-hydrogen) atoms. The average molecular weight is 207 g/mol. The molecule has 0 bridgehead atoms. The lowest BCUT2D eigenvalue weighted by molar-refractivity contribution is 0.0666. The Morgan fingerprint density at radius 1 is 1.33 bits per heavy atom. The Kier molecular flexibility index (Phi) is 3.11. The number of benzene rings is 1. The van der Waals surface area contributed by atoms with Crippen LogP contribution in [-0.2, 0) is 11.2 Å². The molecule has 1 aromatic carbocycles. The lowest BCUT2D eigenvalue weighted by Gasteiger charge is -2.22. The highest BCUT2D eigenvalue weighted by atomic mass is 16.5. The molecule has 0 aromatic heterocycles. The average Bonchev–Trinajstić information content (AvgIpc) is 2.25. The van der Waals surface area contributed by atoms with Crippen molar-refractivity contribution in [2.45, 2.75) is 19.3 Å². The molecule has 1 fully saturated rings. The zero-order chi connectivity index (χ0) is 10.7. The first-order valence-corrected chi connectivity index (χ1v) is 5.41. The zero-order valence-electron chi connectivity index (χ0n) is 8.78. The molecule has 0 saturated carbocycles. The van der Waals surface area contributed by atoms with Crippen LogP contribution in [0.1, 0.15) is 18.4 Å². The maximum atomic E-state index is 9.39. The van der Waals surface area contributed by atoms with Crippen LogP contribution >= 0.6 is 0 Å². The highest BCUT2D eigenvalue weighted by Gasteiger charge is 2.15. The van der Waals surface area contributed by atoms with E-state index >= 15 is 0 Å². The van der Waals surface area contributed by atoms with E-state index in [1.165, 1.54) is 0 Å². The summed E-state index contributed by atoms with van der Waals surface area (Å²) in [5.41, 5.74) is 7.70. The molecule has 0 unspecified atom stereocenters. The number of nitrogens with two attached hydrogens (primary N) is 1. The van der Waals surface area contributed by atoms with Gasteiger partial charge in [0.25, 0.3) is 0 Å². The maximum absolute atomic E-state index is 9.39. The fourth-order valence-electron chi connectivity index (χ4n) is 2.03. The normalized spacial score (nSPS) is 17.9. The van der Waals surface area contributed by atoms with Gasteiger partial charge in [-0.05, 0) is 48.9 Å². The van der Waals surface area contributed by atoms with E-state index in [-0.39, 0.29) is 0 Å². The summed E-state index contributed by atoms with van der Waals surface area (Å²) in [6.45, 7) is 1.70. The standard InChI is InChI=1S/C12H17NO2/c13-12-2-1-11(14)8-10(12)7-9-3-5-15-6-4-9/h1-2,8-9,14H,3-7,13H2. The number of aromatic hydroxyl groups is 1. The lowest BCUT2D eigenvalue weighted by Crippen LogP contribution is -2.18. The Morgan fingerprint density at radius 3 is 2.80 bits per heavy atom. The van der Waals surface area contributed by atoms with Gasteiger partial charge in [-0.25, -0.2) is 0 Å². The van der Waals surface area contributed by atoms with E-state index in [0.717, 1.165) is 43.7 Å². The first-order valence-electron chi connectivity index (χ1n) is 5.41. The molecule has 1 aromatic rings. The molecular weight excluding hydrogens is 190 g/mol. The van der Waals surface area contributed by atoms with Crippen LogP contribution in [0.3, 0.4) is 0 Å². The lowest BCUT2D eigenvalue weighted by atomic mass is 9.91. The van der Waals surface area contributed by atoms with Gasteiger partial charge in [0, 0.05) is 18.9 Å². The second-order valence-corrected chi connectivity index (χ2v) is 4.14. The summed E-state index contributed by atoms with van der Waals surface area (Å²) in [6, 6.07) is 5.16. The number of nitrogen functional groups attached to an aromatic ring is 1. The third-order valence-corrected chi connectivity index (χ3v) is 2.98. The van der Waals surface area contributed by atoms with E-state index in [9.17, 15) is 5.11 Å². The Hall–Kier alpha value is -1.22. The molecule has 1 aliphatic heterocycles. The number of ether oxygens (including phenoxy) is 1. The van der Waals surface area contributed by atoms with Gasteiger partial charge < -0.3 is 15.6 Å². The van der Waals surface area contributed by atoms with Gasteiger partial charge in [-0.1, -0.05) is 0 Å². The van der Waals surface area contributed by atoms with Gasteiger partial charge >= 0.3 is 0 Å². The minimum Gasteiger partial charge on any atom is -0.508 e. The van der Waals surface area contributed by atoms with Crippen LogP contribution in [0.2, 0.25) is 0 Å². The van der Waals surface area contributed by atoms with E-state index in [2.05, 4.69) is 0 Å². The van der Waals surface area contributed by atoms with Crippen LogP contribution in [0.5, 0.6) is 5.75 Å². The van der Waals surface area contributed by atoms with Crippen molar-refractivity contribution in [3.8, 4) is 5.75 Å². The SMILES string of the molecule is Nc1ccc(O)cc1CC1CCOCC1. The van der Waals surface area contributed by atoms with Crippen molar-refractivity contribution in [1.29, 1.82) is 0 Å². The molecule has 82 valence electrons. The van der Waals surface area contributed by atoms with E-state index in [0.29, 0.717) is 11.7 Å². The van der Waals surface area contributed by atoms with Crippen LogP contribution in [-0.4, -0.2) is 18.3 Å². The molecule has 0 spiro atoms. The number of rotatable bonds is 2. The van der Waals surface area contributed by atoms with Crippen molar-refractivity contribution in [2.24, 2.45) is 5.92 Å². The van der Waals surface area contributed by atoms with Crippen molar-refractivity contribution in [1.82, 2.24) is 0 Å². The Labute approximate surface area is 89.9 Å². The molecule has 3 nitrogen and oxygen atoms in total. The third kappa shape index (κ3) is 2.63. The van der Waals surface area contributed by atoms with Crippen molar-refractivity contribution in [3.05, 3.63) is 23.8 Å². The molecule has 0 atom stereocenters. The van der Waals surface area contributed by atoms with E-state index < -0.39 is 0 Å². The van der Waals surface area contributed by atoms with Gasteiger partial charge in [0.15, 0.2) is 0 Å². The van der Waals surface area contributed by atoms with Crippen LogP contribution < -0.4 is 5.73 Å². The molecule has 2 rings (SSSR count). The Bertz CT molecular complexity index is 332. The van der Waals surface area contributed by atoms with E-state index in [1.807, 2.05) is 0 Å². The van der Waals surface area contributed by atoms with Crippen LogP contribution in [0.15, 0.2) is 18.2 Å². The van der Waals surface area contributed by atoms with Crippen molar-refractivity contribution in [3.63, 3.8) is 0 Å². The number of hydrogen-bond donors (Lipinski definition) is 2. The molecule has 3 N–H and O–H groups in total. The van der Waals surface area contributed by atoms with Gasteiger partial charge in [-0.2, -0.15) is 0 Å². The van der Waals surface area contributed by atoms with Gasteiger partial charge in [-0.3, -0.25) is 0 Å². The monoisotopic (exact) mass is 207 g/mol. The highest BCUT2D eigenvalue weighted by molar-refractivity contribution is 5.50. The molecule has 0 amide bonds. The minimum atomic E-state index is 0.297. The molecule has 3 heteroatoms. The van der Waals surface area contributed by atoms with Crippen molar-refractivity contribution < 1.29 is 9.84 Å². The zero-order valence-corrected chi connectivity index (χ0v) is 8.78. The second-order valence-electron chi connectivity index (χ2n) is 4.14. The van der Waals surface area contributed by atoms with Crippen molar-refractivity contribution in [2.75, 3.05) is 18.9 Å². The number of phenols is 1. The van der Waals surface area contributed by atoms with Crippen LogP contribution in [0.25, 0.3) is 0 Å². The summed E-state index contributed by atoms with van der Waals surface area (Å²) in [6.07, 6.45) is 3.13. The fourth-order valence-corrected chi connectivity index (χ4v) is 2.03. The van der Waals surface area contributed by atoms with Gasteiger partial charge in [0.05, 0.1) is 0 Å². The summed E-state index contributed by atoms with van der Waals surface area (Å²) in [5, 5.41) is 9.39. The van der Waals surface area contributed by atoms with Gasteiger partial charge in [0.1, 0.15) is 5.75 Å². The van der Waals surface area contributed by atoms with E-state index in [4.69, 9.17) is 10.5 Å². The van der Waals surface area contributed by atoms with Crippen LogP contribution in [0, 0.1) is 5.92 Å². The number of phenolic OH excluding ortho intramolecular Hbond substituents is 1. The summed E-state index contributed by atoms with van der Waals surface area (Å²) in [7, 11) is 0. The van der Waals surface area contributed by atoms with Gasteiger partial charge in [-0.15, -0.1) is 0 Å². The maximum Gasteiger partial charge on any atom is 0.116 e. The highest BCUT2D eigenvalue weighted by Crippen LogP contribution is 2.25.